The molecule has 0 aromatic carbocycles. The number of cyclic esters (lactones) is 1. The molecule has 6 heteroatoms. The van der Waals surface area contributed by atoms with Crippen molar-refractivity contribution in [1.82, 2.24) is 0 Å². The zero-order chi connectivity index (χ0) is 16.0. The molecule has 4 unspecified atom stereocenters. The van der Waals surface area contributed by atoms with Crippen molar-refractivity contribution < 1.29 is 29.3 Å². The van der Waals surface area contributed by atoms with Crippen LogP contribution in [0.3, 0.4) is 0 Å². The predicted octanol–water partition coefficient (Wildman–Crippen LogP) is 0.868. The van der Waals surface area contributed by atoms with E-state index in [1.54, 1.807) is 19.9 Å². The maximum absolute atomic E-state index is 11.8. The molecule has 0 saturated carbocycles. The second kappa shape index (κ2) is 7.95. The number of aliphatic hydroxyl groups is 2. The predicted molar refractivity (Wildman–Crippen MR) is 75.3 cm³/mol. The quantitative estimate of drug-likeness (QED) is 0.558. The number of aliphatic hydroxyl groups excluding tert-OH is 2. The van der Waals surface area contributed by atoms with Crippen molar-refractivity contribution >= 4 is 11.9 Å². The molecule has 4 atom stereocenters. The first-order valence-electron chi connectivity index (χ1n) is 6.94. The Kier molecular flexibility index (Phi) is 6.58. The third-order valence-corrected chi connectivity index (χ3v) is 3.36. The third kappa shape index (κ3) is 5.32. The lowest BCUT2D eigenvalue weighted by molar-refractivity contribution is -0.162. The van der Waals surface area contributed by atoms with E-state index in [9.17, 15) is 19.8 Å². The molecular formula is C15H22O6. The number of carbonyl (C=O) groups is 2. The van der Waals surface area contributed by atoms with Crippen LogP contribution in [0.2, 0.25) is 0 Å². The average molecular weight is 298 g/mol. The zero-order valence-corrected chi connectivity index (χ0v) is 12.5. The molecule has 1 aliphatic rings. The molecule has 0 aromatic rings. The van der Waals surface area contributed by atoms with Gasteiger partial charge in [-0.05, 0) is 39.7 Å². The number of allylic oxidation sites excluding steroid dienone is 1. The van der Waals surface area contributed by atoms with Gasteiger partial charge in [0.25, 0.3) is 0 Å². The number of hydrogen-bond acceptors (Lipinski definition) is 6. The Balaban J connectivity index is 2.67. The number of hydrogen-bond donors (Lipinski definition) is 2. The topological polar surface area (TPSA) is 93.1 Å². The van der Waals surface area contributed by atoms with Crippen molar-refractivity contribution in [1.29, 1.82) is 0 Å². The van der Waals surface area contributed by atoms with Crippen LogP contribution < -0.4 is 0 Å². The second-order valence-electron chi connectivity index (χ2n) is 5.06. The molecule has 0 amide bonds. The van der Waals surface area contributed by atoms with Crippen LogP contribution in [0, 0.1) is 0 Å². The highest BCUT2D eigenvalue weighted by Crippen LogP contribution is 2.20. The highest BCUT2D eigenvalue weighted by molar-refractivity contribution is 5.88. The van der Waals surface area contributed by atoms with Gasteiger partial charge in [0.2, 0.25) is 0 Å². The van der Waals surface area contributed by atoms with Gasteiger partial charge in [-0.25, -0.2) is 9.59 Å². The standard InChI is InChI=1S/C15H22O6/c1-4-9(2)15(19)21-13-7-8-14(18)20-12(13)6-5-11(17)10(3)16/h4,7-8,10-13,16-17H,5-6H2,1-3H3. The van der Waals surface area contributed by atoms with Gasteiger partial charge in [0.1, 0.15) is 6.10 Å². The molecule has 2 N–H and O–H groups in total. The van der Waals surface area contributed by atoms with Crippen molar-refractivity contribution in [3.63, 3.8) is 0 Å². The SMILES string of the molecule is CC=C(C)C(=O)OC1C=CC(=O)OC1CCC(O)C(C)O. The molecule has 1 rings (SSSR count). The Morgan fingerprint density at radius 3 is 2.76 bits per heavy atom. The number of esters is 2. The van der Waals surface area contributed by atoms with Crippen molar-refractivity contribution in [2.45, 2.75) is 58.0 Å². The smallest absolute Gasteiger partial charge is 0.334 e. The summed E-state index contributed by atoms with van der Waals surface area (Å²) >= 11 is 0. The van der Waals surface area contributed by atoms with Gasteiger partial charge < -0.3 is 19.7 Å². The zero-order valence-electron chi connectivity index (χ0n) is 12.5. The van der Waals surface area contributed by atoms with E-state index >= 15 is 0 Å². The van der Waals surface area contributed by atoms with E-state index in [0.29, 0.717) is 5.57 Å². The van der Waals surface area contributed by atoms with E-state index in [0.717, 1.165) is 0 Å². The van der Waals surface area contributed by atoms with Crippen molar-refractivity contribution in [2.75, 3.05) is 0 Å². The fourth-order valence-electron chi connectivity index (χ4n) is 1.80. The van der Waals surface area contributed by atoms with Crippen molar-refractivity contribution in [3.8, 4) is 0 Å². The largest absolute Gasteiger partial charge is 0.455 e. The highest BCUT2D eigenvalue weighted by Gasteiger charge is 2.30. The van der Waals surface area contributed by atoms with Gasteiger partial charge in [-0.3, -0.25) is 0 Å². The third-order valence-electron chi connectivity index (χ3n) is 3.36. The van der Waals surface area contributed by atoms with E-state index in [4.69, 9.17) is 9.47 Å². The molecule has 1 heterocycles. The normalized spacial score (nSPS) is 25.2. The summed E-state index contributed by atoms with van der Waals surface area (Å²) in [6.45, 7) is 4.83. The van der Waals surface area contributed by atoms with Gasteiger partial charge in [-0.2, -0.15) is 0 Å². The molecule has 0 bridgehead atoms. The molecule has 0 aromatic heterocycles. The Hall–Kier alpha value is -1.66. The van der Waals surface area contributed by atoms with Crippen LogP contribution in [-0.4, -0.2) is 46.6 Å². The molecule has 0 radical (unpaired) electrons. The monoisotopic (exact) mass is 298 g/mol. The van der Waals surface area contributed by atoms with Crippen LogP contribution >= 0.6 is 0 Å². The number of ether oxygens (including phenoxy) is 2. The molecule has 0 aliphatic carbocycles. The minimum Gasteiger partial charge on any atom is -0.455 e. The first-order valence-corrected chi connectivity index (χ1v) is 6.94. The van der Waals surface area contributed by atoms with E-state index in [2.05, 4.69) is 0 Å². The Bertz CT molecular complexity index is 437. The fraction of sp³-hybridized carbons (Fsp3) is 0.600. The summed E-state index contributed by atoms with van der Waals surface area (Å²) in [6, 6.07) is 0. The van der Waals surface area contributed by atoms with Crippen molar-refractivity contribution in [2.24, 2.45) is 0 Å². The Morgan fingerprint density at radius 1 is 1.52 bits per heavy atom. The van der Waals surface area contributed by atoms with E-state index < -0.39 is 36.4 Å². The molecule has 1 aliphatic heterocycles. The summed E-state index contributed by atoms with van der Waals surface area (Å²) in [7, 11) is 0. The Labute approximate surface area is 124 Å². The summed E-state index contributed by atoms with van der Waals surface area (Å²) in [5.41, 5.74) is 0.461. The van der Waals surface area contributed by atoms with E-state index in [1.165, 1.54) is 19.1 Å². The fourth-order valence-corrected chi connectivity index (χ4v) is 1.80. The number of rotatable bonds is 6. The van der Waals surface area contributed by atoms with Gasteiger partial charge >= 0.3 is 11.9 Å². The maximum atomic E-state index is 11.8. The molecule has 0 fully saturated rings. The number of carbonyl (C=O) groups excluding carboxylic acids is 2. The summed E-state index contributed by atoms with van der Waals surface area (Å²) in [4.78, 5) is 23.1. The highest BCUT2D eigenvalue weighted by atomic mass is 16.6. The average Bonchev–Trinajstić information content (AvgIpc) is 2.45. The summed E-state index contributed by atoms with van der Waals surface area (Å²) in [6.07, 6.45) is 1.71. The Morgan fingerprint density at radius 2 is 2.19 bits per heavy atom. The molecule has 0 spiro atoms. The van der Waals surface area contributed by atoms with Gasteiger partial charge in [0.15, 0.2) is 6.10 Å². The minimum atomic E-state index is -0.914. The first kappa shape index (κ1) is 17.4. The minimum absolute atomic E-state index is 0.236. The first-order chi connectivity index (χ1) is 9.85. The molecule has 0 saturated heterocycles. The van der Waals surface area contributed by atoms with E-state index in [-0.39, 0.29) is 12.8 Å². The van der Waals surface area contributed by atoms with Gasteiger partial charge in [0.05, 0.1) is 12.2 Å². The van der Waals surface area contributed by atoms with E-state index in [1.807, 2.05) is 0 Å². The lowest BCUT2D eigenvalue weighted by atomic mass is 10.0. The van der Waals surface area contributed by atoms with Gasteiger partial charge in [-0.15, -0.1) is 0 Å². The summed E-state index contributed by atoms with van der Waals surface area (Å²) in [5.74, 6) is -0.993. The van der Waals surface area contributed by atoms with Crippen LogP contribution in [0.5, 0.6) is 0 Å². The lowest BCUT2D eigenvalue weighted by Gasteiger charge is -2.28. The molecule has 21 heavy (non-hydrogen) atoms. The van der Waals surface area contributed by atoms with Gasteiger partial charge in [-0.1, -0.05) is 6.08 Å². The van der Waals surface area contributed by atoms with Crippen LogP contribution in [0.25, 0.3) is 0 Å². The second-order valence-corrected chi connectivity index (χ2v) is 5.06. The maximum Gasteiger partial charge on any atom is 0.334 e. The van der Waals surface area contributed by atoms with Crippen LogP contribution in [0.1, 0.15) is 33.6 Å². The molecule has 118 valence electrons. The van der Waals surface area contributed by atoms with Crippen LogP contribution in [0.4, 0.5) is 0 Å². The van der Waals surface area contributed by atoms with Crippen LogP contribution in [0.15, 0.2) is 23.8 Å². The lowest BCUT2D eigenvalue weighted by Crippen LogP contribution is -2.38. The summed E-state index contributed by atoms with van der Waals surface area (Å²) in [5, 5.41) is 18.8. The van der Waals surface area contributed by atoms with Crippen molar-refractivity contribution in [3.05, 3.63) is 23.8 Å². The molecular weight excluding hydrogens is 276 g/mol. The van der Waals surface area contributed by atoms with Crippen LogP contribution in [-0.2, 0) is 19.1 Å². The summed E-state index contributed by atoms with van der Waals surface area (Å²) < 4.78 is 10.4. The van der Waals surface area contributed by atoms with Gasteiger partial charge in [0, 0.05) is 11.6 Å². The molecule has 6 nitrogen and oxygen atoms in total.